The highest BCUT2D eigenvalue weighted by Crippen LogP contribution is 2.68. The molecule has 4 aliphatic carbocycles. The topological polar surface area (TPSA) is 75.6 Å². The minimum Gasteiger partial charge on any atom is -0.481 e. The number of fused-ring (bicyclic) bond motifs is 5. The van der Waals surface area contributed by atoms with Crippen LogP contribution in [0.1, 0.15) is 105 Å². The normalized spacial score (nSPS) is 43.2. The number of nitrogens with one attached hydrogen (secondary N) is 1. The number of aliphatic carboxylic acids is 1. The Morgan fingerprint density at radius 3 is 2.36 bits per heavy atom. The molecule has 4 rings (SSSR count). The average Bonchev–Trinajstić information content (AvgIpc) is 3.09. The van der Waals surface area contributed by atoms with Gasteiger partial charge in [0.15, 0.2) is 0 Å². The van der Waals surface area contributed by atoms with Crippen molar-refractivity contribution in [2.45, 2.75) is 117 Å². The Labute approximate surface area is 200 Å². The van der Waals surface area contributed by atoms with Crippen LogP contribution >= 0.6 is 0 Å². The number of alkyl carbamates (subject to hydrolysis) is 1. The molecule has 0 aromatic heterocycles. The molecule has 0 radical (unpaired) electrons. The fraction of sp³-hybridized carbons (Fsp3) is 0.929. The first kappa shape index (κ1) is 24.9. The molecule has 0 aromatic carbocycles. The highest BCUT2D eigenvalue weighted by Gasteiger charge is 2.60. The number of amides is 1. The maximum Gasteiger partial charge on any atom is 0.407 e. The van der Waals surface area contributed by atoms with Crippen LogP contribution in [-0.4, -0.2) is 29.3 Å². The number of ether oxygens (including phenoxy) is 1. The lowest BCUT2D eigenvalue weighted by molar-refractivity contribution is -0.138. The van der Waals surface area contributed by atoms with E-state index < -0.39 is 5.97 Å². The molecule has 2 N–H and O–H groups in total. The molecule has 4 aliphatic rings. The van der Waals surface area contributed by atoms with Crippen LogP contribution in [0.3, 0.4) is 0 Å². The van der Waals surface area contributed by atoms with Gasteiger partial charge in [-0.2, -0.15) is 0 Å². The summed E-state index contributed by atoms with van der Waals surface area (Å²) in [6.07, 6.45) is 12.0. The van der Waals surface area contributed by atoms with E-state index in [1.807, 2.05) is 13.8 Å². The Morgan fingerprint density at radius 1 is 0.970 bits per heavy atom. The number of hydrogen-bond donors (Lipinski definition) is 2. The lowest BCUT2D eigenvalue weighted by atomic mass is 9.44. The molecule has 0 unspecified atom stereocenters. The van der Waals surface area contributed by atoms with Gasteiger partial charge in [-0.3, -0.25) is 4.79 Å². The number of carboxylic acid groups (broad SMARTS) is 1. The van der Waals surface area contributed by atoms with Crippen molar-refractivity contribution in [3.63, 3.8) is 0 Å². The van der Waals surface area contributed by atoms with Crippen LogP contribution in [0.5, 0.6) is 0 Å². The van der Waals surface area contributed by atoms with Crippen molar-refractivity contribution in [2.24, 2.45) is 46.3 Å². The first-order valence-corrected chi connectivity index (χ1v) is 13.7. The number of carbonyl (C=O) groups excluding carboxylic acids is 1. The molecular formula is C28H47NO4. The first-order valence-electron chi connectivity index (χ1n) is 13.7. The van der Waals surface area contributed by atoms with Gasteiger partial charge >= 0.3 is 12.1 Å². The molecule has 5 heteroatoms. The number of hydrogen-bond acceptors (Lipinski definition) is 3. The molecule has 0 aromatic rings. The van der Waals surface area contributed by atoms with Gasteiger partial charge in [0.25, 0.3) is 0 Å². The Bertz CT molecular complexity index is 737. The third kappa shape index (κ3) is 4.67. The van der Waals surface area contributed by atoms with Gasteiger partial charge in [-0.05, 0) is 124 Å². The van der Waals surface area contributed by atoms with E-state index >= 15 is 0 Å². The smallest absolute Gasteiger partial charge is 0.407 e. The summed E-state index contributed by atoms with van der Waals surface area (Å²) in [5.74, 6) is 3.62. The summed E-state index contributed by atoms with van der Waals surface area (Å²) in [4.78, 5) is 23.3. The minimum atomic E-state index is -0.655. The monoisotopic (exact) mass is 461 g/mol. The zero-order valence-corrected chi connectivity index (χ0v) is 21.6. The molecule has 0 bridgehead atoms. The van der Waals surface area contributed by atoms with Crippen LogP contribution in [0, 0.1) is 46.3 Å². The highest BCUT2D eigenvalue weighted by atomic mass is 16.6. The molecule has 4 fully saturated rings. The number of carboxylic acids is 1. The van der Waals surface area contributed by atoms with Gasteiger partial charge in [0.05, 0.1) is 0 Å². The van der Waals surface area contributed by atoms with Crippen LogP contribution < -0.4 is 5.32 Å². The fourth-order valence-corrected chi connectivity index (χ4v) is 9.27. The lowest BCUT2D eigenvalue weighted by Gasteiger charge is -2.61. The Balaban J connectivity index is 1.41. The van der Waals surface area contributed by atoms with Crippen molar-refractivity contribution in [3.8, 4) is 0 Å². The second-order valence-corrected chi connectivity index (χ2v) is 12.9. The lowest BCUT2D eigenvalue weighted by Crippen LogP contribution is -2.54. The number of carbonyl (C=O) groups is 2. The largest absolute Gasteiger partial charge is 0.481 e. The molecule has 33 heavy (non-hydrogen) atoms. The van der Waals surface area contributed by atoms with Gasteiger partial charge in [-0.1, -0.05) is 20.8 Å². The van der Waals surface area contributed by atoms with Crippen LogP contribution in [0.4, 0.5) is 4.79 Å². The van der Waals surface area contributed by atoms with E-state index in [0.29, 0.717) is 35.0 Å². The summed E-state index contributed by atoms with van der Waals surface area (Å²) in [5.41, 5.74) is 0.767. The van der Waals surface area contributed by atoms with Gasteiger partial charge in [-0.15, -0.1) is 0 Å². The highest BCUT2D eigenvalue weighted by molar-refractivity contribution is 5.67. The average molecular weight is 462 g/mol. The van der Waals surface area contributed by atoms with Crippen LogP contribution in [0.25, 0.3) is 0 Å². The van der Waals surface area contributed by atoms with E-state index in [4.69, 9.17) is 9.84 Å². The van der Waals surface area contributed by atoms with Crippen LogP contribution in [-0.2, 0) is 9.53 Å². The van der Waals surface area contributed by atoms with Crippen molar-refractivity contribution in [2.75, 3.05) is 0 Å². The third-order valence-corrected chi connectivity index (χ3v) is 10.9. The predicted octanol–water partition coefficient (Wildman–Crippen LogP) is 6.65. The predicted molar refractivity (Wildman–Crippen MR) is 130 cm³/mol. The molecule has 188 valence electrons. The molecule has 1 amide bonds. The zero-order chi connectivity index (χ0) is 24.0. The van der Waals surface area contributed by atoms with E-state index in [9.17, 15) is 9.59 Å². The minimum absolute atomic E-state index is 0.0678. The second-order valence-electron chi connectivity index (χ2n) is 12.9. The van der Waals surface area contributed by atoms with Crippen molar-refractivity contribution in [1.82, 2.24) is 5.32 Å². The van der Waals surface area contributed by atoms with Gasteiger partial charge in [-0.25, -0.2) is 4.79 Å². The molecule has 0 saturated heterocycles. The van der Waals surface area contributed by atoms with Crippen LogP contribution in [0.2, 0.25) is 0 Å². The second kappa shape index (κ2) is 9.41. The van der Waals surface area contributed by atoms with Gasteiger partial charge in [0.1, 0.15) is 6.10 Å². The summed E-state index contributed by atoms with van der Waals surface area (Å²) in [5, 5.41) is 12.0. The third-order valence-electron chi connectivity index (χ3n) is 10.9. The first-order chi connectivity index (χ1) is 15.5. The molecule has 5 nitrogen and oxygen atoms in total. The summed E-state index contributed by atoms with van der Waals surface area (Å²) in [6, 6.07) is 0.112. The quantitative estimate of drug-likeness (QED) is 0.464. The summed E-state index contributed by atoms with van der Waals surface area (Å²) in [7, 11) is 0. The van der Waals surface area contributed by atoms with E-state index in [0.717, 1.165) is 37.0 Å². The van der Waals surface area contributed by atoms with Crippen molar-refractivity contribution >= 4 is 12.1 Å². The van der Waals surface area contributed by atoms with E-state index in [2.05, 4.69) is 26.1 Å². The molecule has 0 heterocycles. The van der Waals surface area contributed by atoms with Gasteiger partial charge < -0.3 is 15.2 Å². The van der Waals surface area contributed by atoms with Gasteiger partial charge in [0.2, 0.25) is 0 Å². The molecule has 0 spiro atoms. The number of rotatable bonds is 6. The molecular weight excluding hydrogens is 414 g/mol. The zero-order valence-electron chi connectivity index (χ0n) is 21.6. The van der Waals surface area contributed by atoms with E-state index in [-0.39, 0.29) is 18.2 Å². The maximum absolute atomic E-state index is 12.2. The van der Waals surface area contributed by atoms with Gasteiger partial charge in [0, 0.05) is 12.5 Å². The summed E-state index contributed by atoms with van der Waals surface area (Å²) >= 11 is 0. The Kier molecular flexibility index (Phi) is 7.09. The van der Waals surface area contributed by atoms with Crippen molar-refractivity contribution in [1.29, 1.82) is 0 Å². The molecule has 4 saturated carbocycles. The summed E-state index contributed by atoms with van der Waals surface area (Å²) in [6.45, 7) is 11.4. The Morgan fingerprint density at radius 2 is 1.67 bits per heavy atom. The molecule has 0 aliphatic heterocycles. The Hall–Kier alpha value is -1.26. The summed E-state index contributed by atoms with van der Waals surface area (Å²) < 4.78 is 5.81. The fourth-order valence-electron chi connectivity index (χ4n) is 9.27. The van der Waals surface area contributed by atoms with E-state index in [1.54, 1.807) is 0 Å². The standard InChI is InChI=1S/C28H47NO4/c1-17(2)29-26(32)33-20-12-14-27(4)19(16-20)7-8-21-23-10-9-22(18(3)6-11-25(30)31)28(23,5)15-13-24(21)27/h17-24H,6-16H2,1-5H3,(H,29,32)(H,30,31)/t18-,19-,20-,21+,22-,23+,24+,27+,28-/m1/s1. The maximum atomic E-state index is 12.2. The van der Waals surface area contributed by atoms with E-state index in [1.165, 1.54) is 44.9 Å². The van der Waals surface area contributed by atoms with Crippen LogP contribution in [0.15, 0.2) is 0 Å². The van der Waals surface area contributed by atoms with Crippen molar-refractivity contribution in [3.05, 3.63) is 0 Å². The SMILES string of the molecule is CC(C)NC(=O)O[C@@H]1CC[C@@]2(C)[C@H](CC[C@@H]3[C@@H]2CC[C@]2(C)[C@@H]([C@H](C)CCC(=O)O)CC[C@@H]32)C1. The molecule has 9 atom stereocenters. The van der Waals surface area contributed by atoms with Crippen molar-refractivity contribution < 1.29 is 19.4 Å².